The van der Waals surface area contributed by atoms with Gasteiger partial charge in [-0.3, -0.25) is 4.98 Å². The molecule has 0 bridgehead atoms. The van der Waals surface area contributed by atoms with Crippen LogP contribution >= 0.6 is 11.3 Å². The molecule has 0 saturated heterocycles. The first kappa shape index (κ1) is 12.9. The molecule has 4 nitrogen and oxygen atoms in total. The Morgan fingerprint density at radius 3 is 2.78 bits per heavy atom. The van der Waals surface area contributed by atoms with Gasteiger partial charge in [0.25, 0.3) is 0 Å². The molecule has 0 amide bonds. The van der Waals surface area contributed by atoms with Crippen molar-refractivity contribution in [1.29, 1.82) is 0 Å². The molecule has 0 spiro atoms. The quantitative estimate of drug-likeness (QED) is 0.901. The van der Waals surface area contributed by atoms with Crippen LogP contribution in [0.25, 0.3) is 0 Å². The van der Waals surface area contributed by atoms with Crippen molar-refractivity contribution >= 4 is 11.3 Å². The molecule has 0 radical (unpaired) electrons. The number of aromatic nitrogens is 1. The average molecular weight is 264 g/mol. The minimum Gasteiger partial charge on any atom is -0.493 e. The number of nitrogens with zero attached hydrogens (tertiary/aromatic N) is 1. The number of benzene rings is 1. The molecule has 1 aromatic heterocycles. The van der Waals surface area contributed by atoms with Crippen LogP contribution < -0.4 is 15.2 Å². The average Bonchev–Trinajstić information content (AvgIpc) is 2.90. The molecule has 0 aliphatic rings. The third kappa shape index (κ3) is 2.63. The standard InChI is InChI=1S/C13H16N2O2S/c1-16-12-5-3-4-10(13(12)17-2)11(14)6-9-7-15-8-18-9/h3-5,7-8,11H,6,14H2,1-2H3. The van der Waals surface area contributed by atoms with E-state index in [1.54, 1.807) is 25.6 Å². The predicted molar refractivity (Wildman–Crippen MR) is 72.3 cm³/mol. The van der Waals surface area contributed by atoms with E-state index in [-0.39, 0.29) is 6.04 Å². The van der Waals surface area contributed by atoms with Crippen molar-refractivity contribution in [3.63, 3.8) is 0 Å². The summed E-state index contributed by atoms with van der Waals surface area (Å²) in [7, 11) is 3.25. The monoisotopic (exact) mass is 264 g/mol. The molecular weight excluding hydrogens is 248 g/mol. The first-order valence-corrected chi connectivity index (χ1v) is 6.48. The van der Waals surface area contributed by atoms with Crippen molar-refractivity contribution in [2.75, 3.05) is 14.2 Å². The zero-order chi connectivity index (χ0) is 13.0. The number of methoxy groups -OCH3 is 2. The third-order valence-corrected chi connectivity index (χ3v) is 3.54. The molecule has 1 unspecified atom stereocenters. The van der Waals surface area contributed by atoms with E-state index in [0.717, 1.165) is 16.9 Å². The summed E-state index contributed by atoms with van der Waals surface area (Å²) in [5.41, 5.74) is 8.99. The van der Waals surface area contributed by atoms with Crippen molar-refractivity contribution in [3.05, 3.63) is 40.3 Å². The lowest BCUT2D eigenvalue weighted by atomic mass is 10.0. The van der Waals surface area contributed by atoms with Crippen LogP contribution in [0.1, 0.15) is 16.5 Å². The molecule has 1 atom stereocenters. The first-order valence-electron chi connectivity index (χ1n) is 5.60. The van der Waals surface area contributed by atoms with E-state index in [2.05, 4.69) is 4.98 Å². The molecular formula is C13H16N2O2S. The fraction of sp³-hybridized carbons (Fsp3) is 0.308. The highest BCUT2D eigenvalue weighted by atomic mass is 32.1. The molecule has 18 heavy (non-hydrogen) atoms. The van der Waals surface area contributed by atoms with Gasteiger partial charge in [-0.15, -0.1) is 11.3 Å². The first-order chi connectivity index (χ1) is 8.76. The maximum absolute atomic E-state index is 6.23. The maximum atomic E-state index is 6.23. The van der Waals surface area contributed by atoms with Crippen LogP contribution in [0.15, 0.2) is 29.9 Å². The summed E-state index contributed by atoms with van der Waals surface area (Å²) in [4.78, 5) is 5.21. The Bertz CT molecular complexity index is 500. The Labute approximate surface area is 110 Å². The van der Waals surface area contributed by atoms with E-state index in [0.29, 0.717) is 11.5 Å². The summed E-state index contributed by atoms with van der Waals surface area (Å²) in [6.45, 7) is 0. The summed E-state index contributed by atoms with van der Waals surface area (Å²) < 4.78 is 10.7. The molecule has 2 aromatic rings. The number of hydrogen-bond acceptors (Lipinski definition) is 5. The number of rotatable bonds is 5. The zero-order valence-corrected chi connectivity index (χ0v) is 11.2. The highest BCUT2D eigenvalue weighted by Crippen LogP contribution is 2.35. The highest BCUT2D eigenvalue weighted by Gasteiger charge is 2.16. The van der Waals surface area contributed by atoms with E-state index >= 15 is 0 Å². The van der Waals surface area contributed by atoms with E-state index in [4.69, 9.17) is 15.2 Å². The van der Waals surface area contributed by atoms with Gasteiger partial charge < -0.3 is 15.2 Å². The molecule has 1 heterocycles. The fourth-order valence-corrected chi connectivity index (χ4v) is 2.53. The summed E-state index contributed by atoms with van der Waals surface area (Å²) in [5, 5.41) is 0. The van der Waals surface area contributed by atoms with Gasteiger partial charge in [0.2, 0.25) is 0 Å². The second kappa shape index (κ2) is 5.84. The highest BCUT2D eigenvalue weighted by molar-refractivity contribution is 7.09. The van der Waals surface area contributed by atoms with Gasteiger partial charge in [0.1, 0.15) is 0 Å². The molecule has 0 aliphatic heterocycles. The SMILES string of the molecule is COc1cccc(C(N)Cc2cncs2)c1OC. The van der Waals surface area contributed by atoms with E-state index in [1.807, 2.05) is 29.9 Å². The van der Waals surface area contributed by atoms with Crippen LogP contribution in [0.5, 0.6) is 11.5 Å². The van der Waals surface area contributed by atoms with Crippen LogP contribution in [0, 0.1) is 0 Å². The second-order valence-electron chi connectivity index (χ2n) is 3.86. The molecule has 0 aliphatic carbocycles. The Balaban J connectivity index is 2.26. The van der Waals surface area contributed by atoms with Crippen LogP contribution in [-0.2, 0) is 6.42 Å². The van der Waals surface area contributed by atoms with E-state index in [1.165, 1.54) is 0 Å². The zero-order valence-electron chi connectivity index (χ0n) is 10.4. The van der Waals surface area contributed by atoms with Crippen molar-refractivity contribution < 1.29 is 9.47 Å². The summed E-state index contributed by atoms with van der Waals surface area (Å²) in [5.74, 6) is 1.41. The number of nitrogens with two attached hydrogens (primary N) is 1. The molecule has 96 valence electrons. The Morgan fingerprint density at radius 1 is 1.33 bits per heavy atom. The topological polar surface area (TPSA) is 57.4 Å². The van der Waals surface area contributed by atoms with Crippen molar-refractivity contribution in [3.8, 4) is 11.5 Å². The van der Waals surface area contributed by atoms with Gasteiger partial charge in [0.15, 0.2) is 11.5 Å². The molecule has 5 heteroatoms. The van der Waals surface area contributed by atoms with E-state index < -0.39 is 0 Å². The lowest BCUT2D eigenvalue weighted by Gasteiger charge is -2.17. The van der Waals surface area contributed by atoms with Gasteiger partial charge >= 0.3 is 0 Å². The van der Waals surface area contributed by atoms with Crippen LogP contribution in [0.3, 0.4) is 0 Å². The second-order valence-corrected chi connectivity index (χ2v) is 4.83. The van der Waals surface area contributed by atoms with Crippen molar-refractivity contribution in [2.45, 2.75) is 12.5 Å². The molecule has 0 saturated carbocycles. The largest absolute Gasteiger partial charge is 0.493 e. The van der Waals surface area contributed by atoms with Gasteiger partial charge in [-0.2, -0.15) is 0 Å². The van der Waals surface area contributed by atoms with Crippen LogP contribution in [-0.4, -0.2) is 19.2 Å². The van der Waals surface area contributed by atoms with Crippen molar-refractivity contribution in [1.82, 2.24) is 4.98 Å². The predicted octanol–water partition coefficient (Wildman–Crippen LogP) is 2.40. The van der Waals surface area contributed by atoms with Crippen LogP contribution in [0.2, 0.25) is 0 Å². The van der Waals surface area contributed by atoms with E-state index in [9.17, 15) is 0 Å². The normalized spacial score (nSPS) is 12.2. The number of para-hydroxylation sites is 1. The van der Waals surface area contributed by atoms with Gasteiger partial charge in [-0.05, 0) is 6.07 Å². The summed E-state index contributed by atoms with van der Waals surface area (Å²) in [6, 6.07) is 5.62. The van der Waals surface area contributed by atoms with Crippen molar-refractivity contribution in [2.24, 2.45) is 5.73 Å². The Kier molecular flexibility index (Phi) is 4.17. The molecule has 1 aromatic carbocycles. The van der Waals surface area contributed by atoms with Gasteiger partial charge in [0.05, 0.1) is 19.7 Å². The van der Waals surface area contributed by atoms with Gasteiger partial charge in [-0.1, -0.05) is 12.1 Å². The lowest BCUT2D eigenvalue weighted by Crippen LogP contribution is -2.14. The molecule has 2 N–H and O–H groups in total. The molecule has 0 fully saturated rings. The number of ether oxygens (including phenoxy) is 2. The number of hydrogen-bond donors (Lipinski definition) is 1. The lowest BCUT2D eigenvalue weighted by molar-refractivity contribution is 0.349. The maximum Gasteiger partial charge on any atom is 0.165 e. The smallest absolute Gasteiger partial charge is 0.165 e. The fourth-order valence-electron chi connectivity index (χ4n) is 1.87. The minimum atomic E-state index is -0.129. The van der Waals surface area contributed by atoms with Gasteiger partial charge in [0, 0.05) is 29.1 Å². The van der Waals surface area contributed by atoms with Gasteiger partial charge in [-0.25, -0.2) is 0 Å². The summed E-state index contributed by atoms with van der Waals surface area (Å²) >= 11 is 1.61. The summed E-state index contributed by atoms with van der Waals surface area (Å²) in [6.07, 6.45) is 2.59. The Hall–Kier alpha value is -1.59. The van der Waals surface area contributed by atoms with Crippen LogP contribution in [0.4, 0.5) is 0 Å². The third-order valence-electron chi connectivity index (χ3n) is 2.74. The molecule has 2 rings (SSSR count). The Morgan fingerprint density at radius 2 is 2.17 bits per heavy atom. The number of thiazole rings is 1. The minimum absolute atomic E-state index is 0.129.